The maximum Gasteiger partial charge on any atom is 0.415 e. The first-order chi connectivity index (χ1) is 10.1. The van der Waals surface area contributed by atoms with Crippen LogP contribution >= 0.6 is 16.3 Å². The summed E-state index contributed by atoms with van der Waals surface area (Å²) < 4.78 is 36.7. The fraction of sp³-hybridized carbons (Fsp3) is 1.00. The molecule has 0 aromatic heterocycles. The first-order valence-corrected chi connectivity index (χ1v) is 10.4. The monoisotopic (exact) mass is 343 g/mol. The smallest absolute Gasteiger partial charge is 0.322 e. The van der Waals surface area contributed by atoms with Gasteiger partial charge >= 0.3 is 7.75 Å². The summed E-state index contributed by atoms with van der Waals surface area (Å²) in [7, 11) is -3.13. The average molecular weight is 343 g/mol. The van der Waals surface area contributed by atoms with Gasteiger partial charge in [-0.25, -0.2) is 4.57 Å². The van der Waals surface area contributed by atoms with Crippen LogP contribution in [0, 0.1) is 0 Å². The van der Waals surface area contributed by atoms with E-state index in [-0.39, 0.29) is 0 Å². The third-order valence-corrected chi connectivity index (χ3v) is 6.83. The molecule has 0 heterocycles. The largest absolute Gasteiger partial charge is 0.415 e. The van der Waals surface area contributed by atoms with Crippen LogP contribution in [0.1, 0.15) is 53.4 Å². The molecular weight excluding hydrogens is 312 g/mol. The van der Waals surface area contributed by atoms with Gasteiger partial charge in [-0.1, -0.05) is 26.7 Å². The lowest BCUT2D eigenvalue weighted by atomic mass is 10.4. The minimum atomic E-state index is -3.37. The molecule has 0 bridgehead atoms. The third kappa shape index (κ3) is 8.61. The van der Waals surface area contributed by atoms with Crippen LogP contribution in [-0.4, -0.2) is 37.9 Å². The molecule has 0 aliphatic heterocycles. The molecule has 0 amide bonds. The maximum absolute atomic E-state index is 13.0. The van der Waals surface area contributed by atoms with Crippen LogP contribution < -0.4 is 0 Å². The summed E-state index contributed by atoms with van der Waals surface area (Å²) in [6, 6.07) is 0. The normalized spacial score (nSPS) is 12.5. The van der Waals surface area contributed by atoms with Crippen LogP contribution in [0.15, 0.2) is 0 Å². The van der Waals surface area contributed by atoms with Crippen LogP contribution in [0.25, 0.3) is 0 Å². The van der Waals surface area contributed by atoms with Crippen LogP contribution in [-0.2, 0) is 22.7 Å². The Labute approximate surface area is 131 Å². The summed E-state index contributed by atoms with van der Waals surface area (Å²) >= 11 is 0. The number of rotatable bonds is 14. The van der Waals surface area contributed by atoms with Crippen molar-refractivity contribution in [2.45, 2.75) is 53.4 Å². The van der Waals surface area contributed by atoms with Crippen LogP contribution in [0.3, 0.4) is 0 Å². The Morgan fingerprint density at radius 2 is 1.33 bits per heavy atom. The van der Waals surface area contributed by atoms with Gasteiger partial charge < -0.3 is 9.05 Å². The molecule has 0 saturated carbocycles. The van der Waals surface area contributed by atoms with Gasteiger partial charge in [0.25, 0.3) is 8.53 Å². The van der Waals surface area contributed by atoms with E-state index in [1.807, 2.05) is 13.8 Å². The van der Waals surface area contributed by atoms with Crippen molar-refractivity contribution in [2.75, 3.05) is 33.5 Å². The maximum atomic E-state index is 13.0. The summed E-state index contributed by atoms with van der Waals surface area (Å²) in [6.07, 6.45) is 3.64. The summed E-state index contributed by atoms with van der Waals surface area (Å²) in [5.74, 6) is 0. The SMILES string of the molecule is CCCCOP(=O)(OCCCC)N(C)P(OCC)OCC. The van der Waals surface area contributed by atoms with Gasteiger partial charge in [0, 0.05) is 7.05 Å². The minimum absolute atomic E-state index is 0.408. The molecule has 0 saturated heterocycles. The molecule has 0 fully saturated rings. The molecule has 0 aromatic rings. The molecule has 0 N–H and O–H groups in total. The highest BCUT2D eigenvalue weighted by molar-refractivity contribution is 7.64. The lowest BCUT2D eigenvalue weighted by Crippen LogP contribution is -2.17. The van der Waals surface area contributed by atoms with Gasteiger partial charge in [-0.2, -0.15) is 0 Å². The lowest BCUT2D eigenvalue weighted by Gasteiger charge is -2.31. The van der Waals surface area contributed by atoms with Crippen molar-refractivity contribution in [1.29, 1.82) is 0 Å². The highest BCUT2D eigenvalue weighted by Gasteiger charge is 2.38. The quantitative estimate of drug-likeness (QED) is 0.328. The van der Waals surface area contributed by atoms with Crippen molar-refractivity contribution in [3.8, 4) is 0 Å². The van der Waals surface area contributed by atoms with Crippen LogP contribution in [0.4, 0.5) is 0 Å². The predicted octanol–water partition coefficient (Wildman–Crippen LogP) is 4.96. The summed E-state index contributed by atoms with van der Waals surface area (Å²) in [6.45, 7) is 9.66. The molecule has 8 heteroatoms. The van der Waals surface area contributed by atoms with Crippen molar-refractivity contribution in [2.24, 2.45) is 0 Å². The third-order valence-electron chi connectivity index (χ3n) is 2.57. The summed E-state index contributed by atoms with van der Waals surface area (Å²) in [4.78, 5) is 0. The van der Waals surface area contributed by atoms with E-state index in [0.717, 1.165) is 25.7 Å². The molecular formula is C13H31NO5P2. The lowest BCUT2D eigenvalue weighted by molar-refractivity contribution is 0.166. The van der Waals surface area contributed by atoms with Gasteiger partial charge in [-0.3, -0.25) is 9.05 Å². The van der Waals surface area contributed by atoms with Gasteiger partial charge in [0.15, 0.2) is 0 Å². The molecule has 0 aromatic carbocycles. The highest BCUT2D eigenvalue weighted by atomic mass is 31.2. The van der Waals surface area contributed by atoms with Crippen LogP contribution in [0.5, 0.6) is 0 Å². The average Bonchev–Trinajstić information content (AvgIpc) is 2.47. The Kier molecular flexibility index (Phi) is 13.2. The van der Waals surface area contributed by atoms with Gasteiger partial charge in [-0.15, -0.1) is 4.44 Å². The standard InChI is InChI=1S/C13H31NO5P2/c1-6-10-12-18-21(15,19-13-11-7-2)14(5)20(16-8-3)17-9-4/h6-13H2,1-5H3. The second-order valence-corrected chi connectivity index (χ2v) is 8.37. The Balaban J connectivity index is 4.82. The number of nitrogens with zero attached hydrogens (tertiary/aromatic N) is 1. The fourth-order valence-electron chi connectivity index (χ4n) is 1.37. The number of unbranched alkanes of at least 4 members (excludes halogenated alkanes) is 2. The van der Waals surface area contributed by atoms with Gasteiger partial charge in [0.2, 0.25) is 0 Å². The Bertz CT molecular complexity index is 274. The van der Waals surface area contributed by atoms with E-state index < -0.39 is 16.3 Å². The molecule has 21 heavy (non-hydrogen) atoms. The van der Waals surface area contributed by atoms with E-state index in [1.54, 1.807) is 7.05 Å². The molecule has 128 valence electrons. The van der Waals surface area contributed by atoms with Crippen LogP contribution in [0.2, 0.25) is 0 Å². The van der Waals surface area contributed by atoms with Gasteiger partial charge in [0.05, 0.1) is 26.4 Å². The molecule has 0 aliphatic carbocycles. The van der Waals surface area contributed by atoms with Gasteiger partial charge in [0.1, 0.15) is 0 Å². The zero-order valence-corrected chi connectivity index (χ0v) is 15.8. The molecule has 0 atom stereocenters. The van der Waals surface area contributed by atoms with E-state index in [9.17, 15) is 4.57 Å². The summed E-state index contributed by atoms with van der Waals surface area (Å²) in [5.41, 5.74) is 0. The zero-order chi connectivity index (χ0) is 16.1. The van der Waals surface area contributed by atoms with Crippen molar-refractivity contribution in [3.63, 3.8) is 0 Å². The fourth-order valence-corrected chi connectivity index (χ4v) is 4.68. The second kappa shape index (κ2) is 13.0. The molecule has 0 aliphatic rings. The Hall–Kier alpha value is 0.460. The van der Waals surface area contributed by atoms with Crippen molar-refractivity contribution >= 4 is 16.3 Å². The first kappa shape index (κ1) is 21.5. The van der Waals surface area contributed by atoms with E-state index >= 15 is 0 Å². The Morgan fingerprint density at radius 3 is 1.67 bits per heavy atom. The van der Waals surface area contributed by atoms with Gasteiger partial charge in [-0.05, 0) is 26.7 Å². The predicted molar refractivity (Wildman–Crippen MR) is 87.3 cm³/mol. The van der Waals surface area contributed by atoms with E-state index in [2.05, 4.69) is 13.8 Å². The van der Waals surface area contributed by atoms with Crippen molar-refractivity contribution < 1.29 is 22.7 Å². The van der Waals surface area contributed by atoms with Crippen molar-refractivity contribution in [1.82, 2.24) is 4.44 Å². The minimum Gasteiger partial charge on any atom is -0.322 e. The molecule has 0 rings (SSSR count). The molecule has 0 radical (unpaired) electrons. The molecule has 6 nitrogen and oxygen atoms in total. The van der Waals surface area contributed by atoms with E-state index in [4.69, 9.17) is 18.1 Å². The topological polar surface area (TPSA) is 57.2 Å². The van der Waals surface area contributed by atoms with Crippen molar-refractivity contribution in [3.05, 3.63) is 0 Å². The van der Waals surface area contributed by atoms with E-state index in [0.29, 0.717) is 26.4 Å². The molecule has 0 spiro atoms. The number of hydrogen-bond donors (Lipinski definition) is 0. The van der Waals surface area contributed by atoms with E-state index in [1.165, 1.54) is 4.44 Å². The first-order valence-electron chi connectivity index (χ1n) is 7.74. The summed E-state index contributed by atoms with van der Waals surface area (Å²) in [5, 5.41) is 0. The highest BCUT2D eigenvalue weighted by Crippen LogP contribution is 2.63. The molecule has 0 unspecified atom stereocenters. The second-order valence-electron chi connectivity index (χ2n) is 4.40. The Morgan fingerprint density at radius 1 is 0.905 bits per heavy atom. The number of hydrogen-bond acceptors (Lipinski definition) is 5. The zero-order valence-electron chi connectivity index (χ0n) is 14.0.